The highest BCUT2D eigenvalue weighted by Crippen LogP contribution is 2.27. The zero-order chi connectivity index (χ0) is 13.2. The first kappa shape index (κ1) is 11.9. The summed E-state index contributed by atoms with van der Waals surface area (Å²) < 4.78 is 1.15. The van der Waals surface area contributed by atoms with Crippen molar-refractivity contribution in [3.63, 3.8) is 0 Å². The molecule has 0 aliphatic rings. The van der Waals surface area contributed by atoms with E-state index in [1.54, 1.807) is 11.3 Å². The molecule has 1 N–H and O–H groups in total. The van der Waals surface area contributed by atoms with E-state index in [4.69, 9.17) is 0 Å². The Labute approximate surface area is 115 Å². The molecule has 3 heteroatoms. The van der Waals surface area contributed by atoms with Crippen molar-refractivity contribution in [3.8, 4) is 0 Å². The molecule has 94 valence electrons. The molecule has 0 fully saturated rings. The Hall–Kier alpha value is -2.13. The molecule has 0 spiro atoms. The number of hydrogen-bond donors (Lipinski definition) is 1. The van der Waals surface area contributed by atoms with Gasteiger partial charge in [-0.05, 0) is 30.3 Å². The SMILES string of the molecule is CNc1ccc(C(=O)c2csc3ccccc23)cc1. The Bertz CT molecular complexity index is 728. The average molecular weight is 267 g/mol. The van der Waals surface area contributed by atoms with Gasteiger partial charge < -0.3 is 5.32 Å². The minimum Gasteiger partial charge on any atom is -0.388 e. The van der Waals surface area contributed by atoms with Gasteiger partial charge in [0.1, 0.15) is 0 Å². The minimum absolute atomic E-state index is 0.0834. The van der Waals surface area contributed by atoms with Gasteiger partial charge in [0.2, 0.25) is 0 Å². The normalized spacial score (nSPS) is 10.6. The number of carbonyl (C=O) groups excluding carboxylic acids is 1. The first-order chi connectivity index (χ1) is 9.29. The number of ketones is 1. The van der Waals surface area contributed by atoms with E-state index in [2.05, 4.69) is 5.32 Å². The van der Waals surface area contributed by atoms with Crippen LogP contribution in [-0.4, -0.2) is 12.8 Å². The van der Waals surface area contributed by atoms with Gasteiger partial charge in [0.15, 0.2) is 5.78 Å². The Balaban J connectivity index is 2.03. The van der Waals surface area contributed by atoms with Crippen LogP contribution in [0, 0.1) is 0 Å². The van der Waals surface area contributed by atoms with Crippen LogP contribution in [0.3, 0.4) is 0 Å². The summed E-state index contributed by atoms with van der Waals surface area (Å²) in [5, 5.41) is 6.03. The second-order valence-electron chi connectivity index (χ2n) is 4.30. The first-order valence-electron chi connectivity index (χ1n) is 6.08. The van der Waals surface area contributed by atoms with Gasteiger partial charge in [-0.1, -0.05) is 18.2 Å². The lowest BCUT2D eigenvalue weighted by Crippen LogP contribution is -2.00. The van der Waals surface area contributed by atoms with Gasteiger partial charge in [-0.3, -0.25) is 4.79 Å². The zero-order valence-electron chi connectivity index (χ0n) is 10.5. The summed E-state index contributed by atoms with van der Waals surface area (Å²) >= 11 is 1.61. The summed E-state index contributed by atoms with van der Waals surface area (Å²) in [5.41, 5.74) is 2.52. The van der Waals surface area contributed by atoms with E-state index in [0.717, 1.165) is 26.9 Å². The molecule has 2 aromatic carbocycles. The monoisotopic (exact) mass is 267 g/mol. The van der Waals surface area contributed by atoms with Crippen LogP contribution in [0.1, 0.15) is 15.9 Å². The first-order valence-corrected chi connectivity index (χ1v) is 6.96. The highest BCUT2D eigenvalue weighted by Gasteiger charge is 2.13. The lowest BCUT2D eigenvalue weighted by atomic mass is 10.0. The summed E-state index contributed by atoms with van der Waals surface area (Å²) in [6, 6.07) is 15.6. The molecule has 0 saturated heterocycles. The van der Waals surface area contributed by atoms with Crippen molar-refractivity contribution in [2.75, 3.05) is 12.4 Å². The van der Waals surface area contributed by atoms with Gasteiger partial charge in [0.05, 0.1) is 0 Å². The van der Waals surface area contributed by atoms with Gasteiger partial charge in [0.25, 0.3) is 0 Å². The maximum Gasteiger partial charge on any atom is 0.194 e. The molecule has 0 aliphatic heterocycles. The maximum atomic E-state index is 12.5. The van der Waals surface area contributed by atoms with Crippen LogP contribution in [-0.2, 0) is 0 Å². The number of hydrogen-bond acceptors (Lipinski definition) is 3. The topological polar surface area (TPSA) is 29.1 Å². The molecule has 0 atom stereocenters. The number of nitrogens with one attached hydrogen (secondary N) is 1. The Morgan fingerprint density at radius 3 is 2.53 bits per heavy atom. The molecule has 3 aromatic rings. The fourth-order valence-electron chi connectivity index (χ4n) is 2.10. The van der Waals surface area contributed by atoms with Crippen LogP contribution >= 0.6 is 11.3 Å². The molecule has 0 unspecified atom stereocenters. The van der Waals surface area contributed by atoms with Gasteiger partial charge >= 0.3 is 0 Å². The van der Waals surface area contributed by atoms with E-state index < -0.39 is 0 Å². The van der Waals surface area contributed by atoms with E-state index in [1.165, 1.54) is 0 Å². The standard InChI is InChI=1S/C16H13NOS/c1-17-12-8-6-11(7-9-12)16(18)14-10-19-15-5-3-2-4-13(14)15/h2-10,17H,1H3. The van der Waals surface area contributed by atoms with Crippen LogP contribution in [0.4, 0.5) is 5.69 Å². The number of thiophene rings is 1. The van der Waals surface area contributed by atoms with Crippen LogP contribution in [0.5, 0.6) is 0 Å². The third-order valence-corrected chi connectivity index (χ3v) is 4.12. The summed E-state index contributed by atoms with van der Waals surface area (Å²) in [6.45, 7) is 0. The number of anilines is 1. The van der Waals surface area contributed by atoms with Gasteiger partial charge in [0, 0.05) is 39.3 Å². The van der Waals surface area contributed by atoms with E-state index in [-0.39, 0.29) is 5.78 Å². The Kier molecular flexibility index (Phi) is 3.05. The molecule has 0 aliphatic carbocycles. The fraction of sp³-hybridized carbons (Fsp3) is 0.0625. The van der Waals surface area contributed by atoms with Crippen LogP contribution in [0.15, 0.2) is 53.9 Å². The Morgan fingerprint density at radius 2 is 1.79 bits per heavy atom. The summed E-state index contributed by atoms with van der Waals surface area (Å²) in [4.78, 5) is 12.5. The van der Waals surface area contributed by atoms with Crippen molar-refractivity contribution in [3.05, 3.63) is 65.0 Å². The van der Waals surface area contributed by atoms with Gasteiger partial charge in [-0.2, -0.15) is 0 Å². The quantitative estimate of drug-likeness (QED) is 0.721. The number of fused-ring (bicyclic) bond motifs is 1. The van der Waals surface area contributed by atoms with Crippen LogP contribution in [0.2, 0.25) is 0 Å². The third-order valence-electron chi connectivity index (χ3n) is 3.16. The summed E-state index contributed by atoms with van der Waals surface area (Å²) in [6.07, 6.45) is 0. The van der Waals surface area contributed by atoms with Gasteiger partial charge in [-0.25, -0.2) is 0 Å². The number of benzene rings is 2. The molecule has 1 heterocycles. The molecular weight excluding hydrogens is 254 g/mol. The molecule has 0 bridgehead atoms. The highest BCUT2D eigenvalue weighted by molar-refractivity contribution is 7.17. The van der Waals surface area contributed by atoms with E-state index in [0.29, 0.717) is 0 Å². The molecule has 3 rings (SSSR count). The molecule has 0 saturated carbocycles. The number of carbonyl (C=O) groups is 1. The lowest BCUT2D eigenvalue weighted by molar-refractivity contribution is 0.104. The third kappa shape index (κ3) is 2.13. The predicted octanol–water partition coefficient (Wildman–Crippen LogP) is 4.17. The second-order valence-corrected chi connectivity index (χ2v) is 5.21. The van der Waals surface area contributed by atoms with E-state index in [1.807, 2.05) is 61.0 Å². The lowest BCUT2D eigenvalue weighted by Gasteiger charge is -2.02. The maximum absolute atomic E-state index is 12.5. The fourth-order valence-corrected chi connectivity index (χ4v) is 3.04. The minimum atomic E-state index is 0.0834. The largest absolute Gasteiger partial charge is 0.388 e. The summed E-state index contributed by atoms with van der Waals surface area (Å²) in [7, 11) is 1.86. The van der Waals surface area contributed by atoms with Crippen LogP contribution in [0.25, 0.3) is 10.1 Å². The Morgan fingerprint density at radius 1 is 1.05 bits per heavy atom. The van der Waals surface area contributed by atoms with Crippen LogP contribution < -0.4 is 5.32 Å². The molecule has 1 aromatic heterocycles. The molecule has 19 heavy (non-hydrogen) atoms. The van der Waals surface area contributed by atoms with Crippen molar-refractivity contribution >= 4 is 32.9 Å². The molecular formula is C16H13NOS. The van der Waals surface area contributed by atoms with Gasteiger partial charge in [-0.15, -0.1) is 11.3 Å². The van der Waals surface area contributed by atoms with E-state index >= 15 is 0 Å². The molecule has 2 nitrogen and oxygen atoms in total. The van der Waals surface area contributed by atoms with Crippen molar-refractivity contribution in [1.82, 2.24) is 0 Å². The van der Waals surface area contributed by atoms with Crippen molar-refractivity contribution in [2.45, 2.75) is 0 Å². The second kappa shape index (κ2) is 4.86. The highest BCUT2D eigenvalue weighted by atomic mass is 32.1. The smallest absolute Gasteiger partial charge is 0.194 e. The van der Waals surface area contributed by atoms with Crippen molar-refractivity contribution < 1.29 is 4.79 Å². The zero-order valence-corrected chi connectivity index (χ0v) is 11.3. The molecule has 0 radical (unpaired) electrons. The van der Waals surface area contributed by atoms with Crippen molar-refractivity contribution in [1.29, 1.82) is 0 Å². The average Bonchev–Trinajstić information content (AvgIpc) is 2.90. The molecule has 0 amide bonds. The number of rotatable bonds is 3. The van der Waals surface area contributed by atoms with Crippen molar-refractivity contribution in [2.24, 2.45) is 0 Å². The van der Waals surface area contributed by atoms with E-state index in [9.17, 15) is 4.79 Å². The predicted molar refractivity (Wildman–Crippen MR) is 81.2 cm³/mol. The summed E-state index contributed by atoms with van der Waals surface area (Å²) in [5.74, 6) is 0.0834.